The van der Waals surface area contributed by atoms with Gasteiger partial charge in [0.15, 0.2) is 0 Å². The standard InChI is InChI=1S/C10H13N3S/c1-6(2)10-13-9-7(11-3)4-12-5-8(9)14-10/h4-6,11H,1-3H3. The molecule has 1 N–H and O–H groups in total. The van der Waals surface area contributed by atoms with Crippen molar-refractivity contribution < 1.29 is 0 Å². The van der Waals surface area contributed by atoms with Crippen LogP contribution in [0.4, 0.5) is 5.69 Å². The highest BCUT2D eigenvalue weighted by Crippen LogP contribution is 2.30. The summed E-state index contributed by atoms with van der Waals surface area (Å²) in [6.45, 7) is 4.31. The molecule has 0 spiro atoms. The molecule has 0 radical (unpaired) electrons. The van der Waals surface area contributed by atoms with Crippen LogP contribution in [0.2, 0.25) is 0 Å². The third kappa shape index (κ3) is 1.46. The minimum Gasteiger partial charge on any atom is -0.385 e. The predicted octanol–water partition coefficient (Wildman–Crippen LogP) is 2.86. The van der Waals surface area contributed by atoms with E-state index in [-0.39, 0.29) is 0 Å². The molecule has 0 saturated heterocycles. The quantitative estimate of drug-likeness (QED) is 0.822. The number of rotatable bonds is 2. The van der Waals surface area contributed by atoms with Crippen molar-refractivity contribution in [1.29, 1.82) is 0 Å². The molecule has 0 atom stereocenters. The number of hydrogen-bond acceptors (Lipinski definition) is 4. The molecule has 0 aliphatic heterocycles. The average Bonchev–Trinajstić information content (AvgIpc) is 2.60. The first-order valence-corrected chi connectivity index (χ1v) is 5.46. The SMILES string of the molecule is CNc1cncc2sc(C(C)C)nc12. The number of anilines is 1. The van der Waals surface area contributed by atoms with Gasteiger partial charge in [0.05, 0.1) is 21.6 Å². The van der Waals surface area contributed by atoms with Crippen LogP contribution < -0.4 is 5.32 Å². The molecule has 3 nitrogen and oxygen atoms in total. The largest absolute Gasteiger partial charge is 0.385 e. The topological polar surface area (TPSA) is 37.8 Å². The summed E-state index contributed by atoms with van der Waals surface area (Å²) in [4.78, 5) is 8.76. The Hall–Kier alpha value is -1.16. The summed E-state index contributed by atoms with van der Waals surface area (Å²) in [6.07, 6.45) is 3.69. The normalized spacial score (nSPS) is 11.1. The summed E-state index contributed by atoms with van der Waals surface area (Å²) in [5.41, 5.74) is 2.04. The molecule has 2 aromatic heterocycles. The highest BCUT2D eigenvalue weighted by molar-refractivity contribution is 7.18. The van der Waals surface area contributed by atoms with Gasteiger partial charge in [0.25, 0.3) is 0 Å². The molecular weight excluding hydrogens is 194 g/mol. The van der Waals surface area contributed by atoms with Crippen LogP contribution in [0.3, 0.4) is 0 Å². The lowest BCUT2D eigenvalue weighted by molar-refractivity contribution is 0.857. The van der Waals surface area contributed by atoms with Gasteiger partial charge in [-0.3, -0.25) is 4.98 Å². The minimum atomic E-state index is 0.483. The zero-order valence-corrected chi connectivity index (χ0v) is 9.35. The van der Waals surface area contributed by atoms with E-state index in [4.69, 9.17) is 0 Å². The molecule has 0 aliphatic carbocycles. The molecule has 2 heterocycles. The third-order valence-corrected chi connectivity index (χ3v) is 3.37. The number of aromatic nitrogens is 2. The van der Waals surface area contributed by atoms with Gasteiger partial charge in [0, 0.05) is 19.2 Å². The molecule has 0 aromatic carbocycles. The van der Waals surface area contributed by atoms with Gasteiger partial charge in [0.1, 0.15) is 5.52 Å². The third-order valence-electron chi connectivity index (χ3n) is 2.08. The first kappa shape index (κ1) is 9.40. The van der Waals surface area contributed by atoms with Crippen molar-refractivity contribution in [3.8, 4) is 0 Å². The maximum absolute atomic E-state index is 4.60. The number of nitrogens with zero attached hydrogens (tertiary/aromatic N) is 2. The van der Waals surface area contributed by atoms with E-state index in [0.29, 0.717) is 5.92 Å². The number of fused-ring (bicyclic) bond motifs is 1. The fraction of sp³-hybridized carbons (Fsp3) is 0.400. The van der Waals surface area contributed by atoms with Gasteiger partial charge in [0.2, 0.25) is 0 Å². The minimum absolute atomic E-state index is 0.483. The van der Waals surface area contributed by atoms with E-state index in [1.54, 1.807) is 11.3 Å². The molecular formula is C10H13N3S. The molecule has 14 heavy (non-hydrogen) atoms. The van der Waals surface area contributed by atoms with Gasteiger partial charge in [-0.05, 0) is 0 Å². The molecule has 0 bridgehead atoms. The summed E-state index contributed by atoms with van der Waals surface area (Å²) in [6, 6.07) is 0. The van der Waals surface area contributed by atoms with Gasteiger partial charge in [-0.2, -0.15) is 0 Å². The first-order valence-electron chi connectivity index (χ1n) is 4.64. The van der Waals surface area contributed by atoms with Crippen LogP contribution in [-0.4, -0.2) is 17.0 Å². The van der Waals surface area contributed by atoms with Crippen LogP contribution in [0, 0.1) is 0 Å². The molecule has 4 heteroatoms. The van der Waals surface area contributed by atoms with Crippen molar-refractivity contribution >= 4 is 27.2 Å². The van der Waals surface area contributed by atoms with Crippen LogP contribution in [0.15, 0.2) is 12.4 Å². The zero-order valence-electron chi connectivity index (χ0n) is 8.53. The van der Waals surface area contributed by atoms with Crippen LogP contribution in [0.1, 0.15) is 24.8 Å². The fourth-order valence-corrected chi connectivity index (χ4v) is 2.26. The Morgan fingerprint density at radius 1 is 1.36 bits per heavy atom. The molecule has 0 fully saturated rings. The molecule has 0 saturated carbocycles. The van der Waals surface area contributed by atoms with Gasteiger partial charge >= 0.3 is 0 Å². The smallest absolute Gasteiger partial charge is 0.108 e. The Balaban J connectivity index is 2.64. The number of hydrogen-bond donors (Lipinski definition) is 1. The van der Waals surface area contributed by atoms with Crippen molar-refractivity contribution in [1.82, 2.24) is 9.97 Å². The molecule has 0 aliphatic rings. The van der Waals surface area contributed by atoms with Crippen LogP contribution in [0.25, 0.3) is 10.2 Å². The van der Waals surface area contributed by atoms with Crippen molar-refractivity contribution in [3.05, 3.63) is 17.4 Å². The summed E-state index contributed by atoms with van der Waals surface area (Å²) in [5.74, 6) is 0.483. The maximum atomic E-state index is 4.60. The van der Waals surface area contributed by atoms with Crippen molar-refractivity contribution in [2.24, 2.45) is 0 Å². The lowest BCUT2D eigenvalue weighted by Crippen LogP contribution is -1.90. The Bertz CT molecular complexity index is 448. The van der Waals surface area contributed by atoms with Gasteiger partial charge in [-0.1, -0.05) is 13.8 Å². The second kappa shape index (κ2) is 3.53. The highest BCUT2D eigenvalue weighted by atomic mass is 32.1. The predicted molar refractivity (Wildman–Crippen MR) is 61.1 cm³/mol. The molecule has 0 amide bonds. The zero-order chi connectivity index (χ0) is 10.1. The van der Waals surface area contributed by atoms with Gasteiger partial charge in [-0.25, -0.2) is 4.98 Å². The van der Waals surface area contributed by atoms with Crippen LogP contribution >= 0.6 is 11.3 Å². The first-order chi connectivity index (χ1) is 6.72. The fourth-order valence-electron chi connectivity index (χ4n) is 1.30. The van der Waals surface area contributed by atoms with Gasteiger partial charge in [-0.15, -0.1) is 11.3 Å². The number of thiazole rings is 1. The summed E-state index contributed by atoms with van der Waals surface area (Å²) in [7, 11) is 1.89. The van der Waals surface area contributed by atoms with E-state index in [0.717, 1.165) is 15.9 Å². The second-order valence-corrected chi connectivity index (χ2v) is 4.55. The molecule has 74 valence electrons. The Labute approximate surface area is 87.2 Å². The van der Waals surface area contributed by atoms with Crippen molar-refractivity contribution in [3.63, 3.8) is 0 Å². The Kier molecular flexibility index (Phi) is 2.37. The summed E-state index contributed by atoms with van der Waals surface area (Å²) < 4.78 is 1.15. The Morgan fingerprint density at radius 3 is 2.79 bits per heavy atom. The van der Waals surface area contributed by atoms with E-state index in [1.165, 1.54) is 5.01 Å². The van der Waals surface area contributed by atoms with E-state index >= 15 is 0 Å². The van der Waals surface area contributed by atoms with Crippen molar-refractivity contribution in [2.45, 2.75) is 19.8 Å². The second-order valence-electron chi connectivity index (χ2n) is 3.49. The Morgan fingerprint density at radius 2 is 2.14 bits per heavy atom. The summed E-state index contributed by atoms with van der Waals surface area (Å²) >= 11 is 1.72. The van der Waals surface area contributed by atoms with E-state index in [2.05, 4.69) is 29.1 Å². The van der Waals surface area contributed by atoms with E-state index in [1.807, 2.05) is 19.4 Å². The van der Waals surface area contributed by atoms with Crippen LogP contribution in [-0.2, 0) is 0 Å². The average molecular weight is 207 g/mol. The van der Waals surface area contributed by atoms with Gasteiger partial charge < -0.3 is 5.32 Å². The van der Waals surface area contributed by atoms with E-state index < -0.39 is 0 Å². The molecule has 2 rings (SSSR count). The maximum Gasteiger partial charge on any atom is 0.108 e. The number of pyridine rings is 1. The number of nitrogens with one attached hydrogen (secondary N) is 1. The van der Waals surface area contributed by atoms with Crippen LogP contribution in [0.5, 0.6) is 0 Å². The molecule has 0 unspecified atom stereocenters. The van der Waals surface area contributed by atoms with Crippen molar-refractivity contribution in [2.75, 3.05) is 12.4 Å². The van der Waals surface area contributed by atoms with E-state index in [9.17, 15) is 0 Å². The lowest BCUT2D eigenvalue weighted by Gasteiger charge is -1.98. The summed E-state index contributed by atoms with van der Waals surface area (Å²) in [5, 5.41) is 4.27. The highest BCUT2D eigenvalue weighted by Gasteiger charge is 2.09. The monoisotopic (exact) mass is 207 g/mol. The molecule has 2 aromatic rings. The lowest BCUT2D eigenvalue weighted by atomic mass is 10.2.